The zero-order valence-corrected chi connectivity index (χ0v) is 23.5. The highest BCUT2D eigenvalue weighted by atomic mass is 79.9. The number of allylic oxidation sites excluding steroid dienone is 1. The van der Waals surface area contributed by atoms with E-state index in [4.69, 9.17) is 9.47 Å². The van der Waals surface area contributed by atoms with E-state index in [-0.39, 0.29) is 17.1 Å². The van der Waals surface area contributed by atoms with Crippen LogP contribution in [0.2, 0.25) is 0 Å². The Morgan fingerprint density at radius 2 is 1.85 bits per heavy atom. The standard InChI is InChI=1S/C29H25BrN2O6S/c1-3-6-22-13-21(15-25(37-4-2)27(22)38-18-19-9-11-23(30)12-10-19)16-26-28(33)31(29(34)39-26)17-20-7-5-8-24(14-20)32(35)36/h3,5,7-16H,1,4,6,17-18H2,2H3/b26-16+. The van der Waals surface area contributed by atoms with Crippen LogP contribution in [0.15, 0.2) is 82.7 Å². The zero-order valence-electron chi connectivity index (χ0n) is 21.1. The second-order valence-corrected chi connectivity index (χ2v) is 10.5. The Morgan fingerprint density at radius 1 is 1.08 bits per heavy atom. The molecule has 1 heterocycles. The van der Waals surface area contributed by atoms with Gasteiger partial charge in [0, 0.05) is 22.2 Å². The number of halogens is 1. The van der Waals surface area contributed by atoms with Gasteiger partial charge >= 0.3 is 0 Å². The third-order valence-electron chi connectivity index (χ3n) is 5.75. The summed E-state index contributed by atoms with van der Waals surface area (Å²) in [5.41, 5.74) is 2.89. The monoisotopic (exact) mass is 608 g/mol. The summed E-state index contributed by atoms with van der Waals surface area (Å²) in [6.07, 6.45) is 3.91. The summed E-state index contributed by atoms with van der Waals surface area (Å²) in [6, 6.07) is 17.4. The van der Waals surface area contributed by atoms with Crippen molar-refractivity contribution in [1.29, 1.82) is 0 Å². The summed E-state index contributed by atoms with van der Waals surface area (Å²) >= 11 is 4.26. The van der Waals surface area contributed by atoms with Gasteiger partial charge < -0.3 is 9.47 Å². The van der Waals surface area contributed by atoms with Gasteiger partial charge in [0.05, 0.1) is 23.0 Å². The number of imide groups is 1. The van der Waals surface area contributed by atoms with Crippen LogP contribution in [0.4, 0.5) is 10.5 Å². The lowest BCUT2D eigenvalue weighted by molar-refractivity contribution is -0.384. The highest BCUT2D eigenvalue weighted by Crippen LogP contribution is 2.38. The highest BCUT2D eigenvalue weighted by Gasteiger charge is 2.35. The fourth-order valence-corrected chi connectivity index (χ4v) is 5.08. The molecule has 4 rings (SSSR count). The molecule has 2 amide bonds. The van der Waals surface area contributed by atoms with Crippen molar-refractivity contribution in [3.63, 3.8) is 0 Å². The molecule has 0 N–H and O–H groups in total. The summed E-state index contributed by atoms with van der Waals surface area (Å²) in [7, 11) is 0. The van der Waals surface area contributed by atoms with E-state index in [0.29, 0.717) is 42.3 Å². The molecule has 3 aromatic carbocycles. The van der Waals surface area contributed by atoms with Gasteiger partial charge in [-0.1, -0.05) is 46.3 Å². The number of hydrogen-bond acceptors (Lipinski definition) is 7. The number of nitrogens with zero attached hydrogens (tertiary/aromatic N) is 2. The molecule has 0 spiro atoms. The molecule has 0 atom stereocenters. The molecule has 0 radical (unpaired) electrons. The summed E-state index contributed by atoms with van der Waals surface area (Å²) in [6.45, 7) is 6.42. The Morgan fingerprint density at radius 3 is 2.54 bits per heavy atom. The van der Waals surface area contributed by atoms with Gasteiger partial charge in [-0.05, 0) is 72.1 Å². The topological polar surface area (TPSA) is 99.0 Å². The van der Waals surface area contributed by atoms with Gasteiger partial charge in [0.2, 0.25) is 0 Å². The smallest absolute Gasteiger partial charge is 0.293 e. The minimum Gasteiger partial charge on any atom is -0.490 e. The lowest BCUT2D eigenvalue weighted by Crippen LogP contribution is -2.27. The molecule has 200 valence electrons. The lowest BCUT2D eigenvalue weighted by atomic mass is 10.0. The summed E-state index contributed by atoms with van der Waals surface area (Å²) in [5, 5.41) is 10.6. The van der Waals surface area contributed by atoms with Crippen LogP contribution in [0.3, 0.4) is 0 Å². The number of non-ortho nitro benzene ring substituents is 1. The van der Waals surface area contributed by atoms with Crippen molar-refractivity contribution >= 4 is 50.6 Å². The number of nitro benzene ring substituents is 1. The van der Waals surface area contributed by atoms with Gasteiger partial charge in [0.25, 0.3) is 16.8 Å². The zero-order chi connectivity index (χ0) is 27.9. The van der Waals surface area contributed by atoms with Gasteiger partial charge in [-0.15, -0.1) is 6.58 Å². The molecule has 1 fully saturated rings. The molecular weight excluding hydrogens is 584 g/mol. The quantitative estimate of drug-likeness (QED) is 0.0974. The molecule has 39 heavy (non-hydrogen) atoms. The number of rotatable bonds is 11. The molecule has 8 nitrogen and oxygen atoms in total. The molecular formula is C29H25BrN2O6S. The van der Waals surface area contributed by atoms with Crippen molar-refractivity contribution < 1.29 is 24.0 Å². The molecule has 0 unspecified atom stereocenters. The number of carbonyl (C=O) groups excluding carboxylic acids is 2. The van der Waals surface area contributed by atoms with Crippen molar-refractivity contribution in [2.24, 2.45) is 0 Å². The first-order valence-electron chi connectivity index (χ1n) is 12.1. The van der Waals surface area contributed by atoms with Crippen LogP contribution in [0.1, 0.15) is 29.2 Å². The summed E-state index contributed by atoms with van der Waals surface area (Å²) in [4.78, 5) is 37.7. The predicted octanol–water partition coefficient (Wildman–Crippen LogP) is 7.30. The van der Waals surface area contributed by atoms with E-state index in [1.54, 1.807) is 24.3 Å². The van der Waals surface area contributed by atoms with Crippen LogP contribution in [-0.4, -0.2) is 27.6 Å². The van der Waals surface area contributed by atoms with E-state index in [2.05, 4.69) is 22.5 Å². The number of nitro groups is 1. The lowest BCUT2D eigenvalue weighted by Gasteiger charge is -2.17. The summed E-state index contributed by atoms with van der Waals surface area (Å²) < 4.78 is 13.1. The number of amides is 2. The van der Waals surface area contributed by atoms with Crippen LogP contribution in [0.5, 0.6) is 11.5 Å². The Balaban J connectivity index is 1.60. The van der Waals surface area contributed by atoms with Crippen LogP contribution in [-0.2, 0) is 24.4 Å². The number of ether oxygens (including phenoxy) is 2. The minimum atomic E-state index is -0.514. The largest absolute Gasteiger partial charge is 0.490 e. The third kappa shape index (κ3) is 6.96. The van der Waals surface area contributed by atoms with Crippen molar-refractivity contribution in [2.45, 2.75) is 26.5 Å². The Labute approximate surface area is 238 Å². The molecule has 0 bridgehead atoms. The van der Waals surface area contributed by atoms with E-state index in [1.165, 1.54) is 18.2 Å². The Bertz CT molecular complexity index is 1450. The predicted molar refractivity (Wildman–Crippen MR) is 155 cm³/mol. The van der Waals surface area contributed by atoms with Crippen LogP contribution < -0.4 is 9.47 Å². The number of hydrogen-bond donors (Lipinski definition) is 0. The van der Waals surface area contributed by atoms with Gasteiger partial charge in [-0.3, -0.25) is 24.6 Å². The van der Waals surface area contributed by atoms with E-state index >= 15 is 0 Å². The second kappa shape index (κ2) is 12.8. The number of thioether (sulfide) groups is 1. The number of carbonyl (C=O) groups is 2. The maximum atomic E-state index is 13.1. The van der Waals surface area contributed by atoms with E-state index < -0.39 is 16.1 Å². The first-order valence-corrected chi connectivity index (χ1v) is 13.7. The minimum absolute atomic E-state index is 0.0571. The SMILES string of the molecule is C=CCc1cc(/C=C2/SC(=O)N(Cc3cccc([N+](=O)[O-])c3)C2=O)cc(OCC)c1OCc1ccc(Br)cc1. The van der Waals surface area contributed by atoms with Gasteiger partial charge in [0.15, 0.2) is 11.5 Å². The molecule has 10 heteroatoms. The van der Waals surface area contributed by atoms with E-state index in [0.717, 1.165) is 32.3 Å². The maximum Gasteiger partial charge on any atom is 0.293 e. The van der Waals surface area contributed by atoms with Crippen LogP contribution in [0, 0.1) is 10.1 Å². The van der Waals surface area contributed by atoms with E-state index in [1.807, 2.05) is 37.3 Å². The molecule has 0 saturated carbocycles. The Hall–Kier alpha value is -3.89. The average molecular weight is 609 g/mol. The molecule has 0 aromatic heterocycles. The van der Waals surface area contributed by atoms with Crippen molar-refractivity contribution in [2.75, 3.05) is 6.61 Å². The normalized spacial score (nSPS) is 14.1. The fourth-order valence-electron chi connectivity index (χ4n) is 3.98. The Kier molecular flexibility index (Phi) is 9.21. The first-order chi connectivity index (χ1) is 18.8. The second-order valence-electron chi connectivity index (χ2n) is 8.54. The van der Waals surface area contributed by atoms with Crippen molar-refractivity contribution in [3.05, 3.63) is 115 Å². The molecule has 3 aromatic rings. The van der Waals surface area contributed by atoms with Crippen molar-refractivity contribution in [3.8, 4) is 11.5 Å². The molecule has 1 aliphatic rings. The van der Waals surface area contributed by atoms with Gasteiger partial charge in [-0.2, -0.15) is 0 Å². The first kappa shape index (κ1) is 28.1. The highest BCUT2D eigenvalue weighted by molar-refractivity contribution is 9.10. The van der Waals surface area contributed by atoms with E-state index in [9.17, 15) is 19.7 Å². The molecule has 1 aliphatic heterocycles. The van der Waals surface area contributed by atoms with Gasteiger partial charge in [-0.25, -0.2) is 0 Å². The fraction of sp³-hybridized carbons (Fsp3) is 0.172. The molecule has 1 saturated heterocycles. The maximum absolute atomic E-state index is 13.1. The average Bonchev–Trinajstić information content (AvgIpc) is 3.17. The van der Waals surface area contributed by atoms with Crippen molar-refractivity contribution in [1.82, 2.24) is 4.90 Å². The van der Waals surface area contributed by atoms with Crippen LogP contribution in [0.25, 0.3) is 6.08 Å². The summed E-state index contributed by atoms with van der Waals surface area (Å²) in [5.74, 6) is 0.655. The third-order valence-corrected chi connectivity index (χ3v) is 7.18. The molecule has 0 aliphatic carbocycles. The van der Waals surface area contributed by atoms with Gasteiger partial charge in [0.1, 0.15) is 6.61 Å². The number of benzene rings is 3. The van der Waals surface area contributed by atoms with Crippen LogP contribution >= 0.6 is 27.7 Å².